The number of phosphoric ester groups is 2. The van der Waals surface area contributed by atoms with Gasteiger partial charge in [-0.3, -0.25) is 23.2 Å². The first-order chi connectivity index (χ1) is 28.7. The Hall–Kier alpha value is -2.24. The normalized spacial score (nSPS) is 20.4. The molecule has 18 nitrogen and oxygen atoms in total. The summed E-state index contributed by atoms with van der Waals surface area (Å²) in [4.78, 5) is 61.5. The maximum absolute atomic E-state index is 12.8. The van der Waals surface area contributed by atoms with Crippen LogP contribution in [0, 0.1) is 0 Å². The summed E-state index contributed by atoms with van der Waals surface area (Å²) >= 11 is 0. The van der Waals surface area contributed by atoms with Gasteiger partial charge in [-0.15, -0.1) is 0 Å². The smallest absolute Gasteiger partial charge is 0.462 e. The Morgan fingerprint density at radius 3 is 1.70 bits per heavy atom. The van der Waals surface area contributed by atoms with Crippen LogP contribution < -0.4 is 11.4 Å². The Balaban J connectivity index is 1.85. The number of anilines is 1. The standard InChI is InChI=1S/C40H73N3O15P2/c1-3-5-7-9-11-13-15-17-19-21-23-25-35(44)53-29-32(56-36(45)26-24-22-20-18-16-14-12-10-8-6-4-2)30-54-59(49,50)58-60(51,52)55-31-33-37(46)38(47)39(57-33)43-28-27-34(41)42-40(43)48/h27-28,32-33,37-39,46-47H,3-26,29-31H2,1-2H3,(H,49,50)(H,51,52)(H2,41,42,48)/t32-,33+,37+,38-,39+/m1/s1. The van der Waals surface area contributed by atoms with E-state index in [4.69, 9.17) is 29.0 Å². The summed E-state index contributed by atoms with van der Waals surface area (Å²) < 4.78 is 56.5. The van der Waals surface area contributed by atoms with Crippen LogP contribution >= 0.6 is 15.6 Å². The molecule has 0 spiro atoms. The highest BCUT2D eigenvalue weighted by Crippen LogP contribution is 2.60. The number of ether oxygens (including phenoxy) is 3. The number of hydrogen-bond acceptors (Lipinski definition) is 15. The minimum Gasteiger partial charge on any atom is -0.462 e. The maximum Gasteiger partial charge on any atom is 0.481 e. The van der Waals surface area contributed by atoms with Gasteiger partial charge in [-0.05, 0) is 18.9 Å². The molecule has 348 valence electrons. The molecule has 20 heteroatoms. The third-order valence-electron chi connectivity index (χ3n) is 10.2. The van der Waals surface area contributed by atoms with E-state index in [1.807, 2.05) is 0 Å². The number of hydrogen-bond donors (Lipinski definition) is 5. The molecule has 0 amide bonds. The second kappa shape index (κ2) is 30.7. The highest BCUT2D eigenvalue weighted by Gasteiger charge is 2.46. The highest BCUT2D eigenvalue weighted by molar-refractivity contribution is 7.61. The number of carbonyl (C=O) groups excluding carboxylic acids is 2. The van der Waals surface area contributed by atoms with Gasteiger partial charge in [-0.1, -0.05) is 142 Å². The largest absolute Gasteiger partial charge is 0.481 e. The number of carbonyl (C=O) groups is 2. The van der Waals surface area contributed by atoms with Gasteiger partial charge in [0.05, 0.1) is 13.2 Å². The number of rotatable bonds is 36. The molecule has 2 heterocycles. The van der Waals surface area contributed by atoms with Gasteiger partial charge >= 0.3 is 33.3 Å². The maximum atomic E-state index is 12.8. The van der Waals surface area contributed by atoms with Gasteiger partial charge in [0.15, 0.2) is 12.3 Å². The fraction of sp³-hybridized carbons (Fsp3) is 0.850. The molecule has 60 heavy (non-hydrogen) atoms. The second-order valence-corrected chi connectivity index (χ2v) is 18.6. The fourth-order valence-corrected chi connectivity index (χ4v) is 8.84. The minimum atomic E-state index is -5.41. The lowest BCUT2D eigenvalue weighted by molar-refractivity contribution is -0.161. The Bertz CT molecular complexity index is 1500. The van der Waals surface area contributed by atoms with Crippen molar-refractivity contribution in [1.29, 1.82) is 0 Å². The summed E-state index contributed by atoms with van der Waals surface area (Å²) in [7, 11) is -10.8. The summed E-state index contributed by atoms with van der Waals surface area (Å²) in [6.07, 6.45) is 17.8. The van der Waals surface area contributed by atoms with Crippen molar-refractivity contribution in [1.82, 2.24) is 9.55 Å². The van der Waals surface area contributed by atoms with Crippen LogP contribution in [-0.2, 0) is 46.3 Å². The van der Waals surface area contributed by atoms with Crippen LogP contribution in [0.1, 0.15) is 174 Å². The van der Waals surface area contributed by atoms with Crippen LogP contribution in [0.15, 0.2) is 17.1 Å². The quantitative estimate of drug-likeness (QED) is 0.0247. The van der Waals surface area contributed by atoms with Crippen LogP contribution in [0.3, 0.4) is 0 Å². The van der Waals surface area contributed by atoms with Crippen LogP contribution in [-0.4, -0.2) is 85.7 Å². The molecule has 0 saturated carbocycles. The van der Waals surface area contributed by atoms with Crippen LogP contribution in [0.4, 0.5) is 5.82 Å². The van der Waals surface area contributed by atoms with E-state index >= 15 is 0 Å². The molecule has 2 rings (SSSR count). The first-order valence-electron chi connectivity index (χ1n) is 22.0. The lowest BCUT2D eigenvalue weighted by atomic mass is 10.1. The third kappa shape index (κ3) is 23.8. The molecule has 0 radical (unpaired) electrons. The molecule has 0 aromatic carbocycles. The van der Waals surface area contributed by atoms with Crippen molar-refractivity contribution in [3.8, 4) is 0 Å². The fourth-order valence-electron chi connectivity index (χ4n) is 6.72. The van der Waals surface area contributed by atoms with Gasteiger partial charge in [-0.25, -0.2) is 13.9 Å². The first kappa shape index (κ1) is 53.9. The number of esters is 2. The lowest BCUT2D eigenvalue weighted by Gasteiger charge is -2.21. The molecule has 0 bridgehead atoms. The van der Waals surface area contributed by atoms with Crippen molar-refractivity contribution in [2.45, 2.75) is 199 Å². The molecule has 0 aliphatic carbocycles. The molecule has 1 aliphatic heterocycles. The lowest BCUT2D eigenvalue weighted by Crippen LogP contribution is -2.36. The predicted molar refractivity (Wildman–Crippen MR) is 224 cm³/mol. The van der Waals surface area contributed by atoms with Crippen molar-refractivity contribution >= 4 is 33.4 Å². The monoisotopic (exact) mass is 897 g/mol. The van der Waals surface area contributed by atoms with Gasteiger partial charge in [0.1, 0.15) is 30.7 Å². The number of unbranched alkanes of at least 4 members (excludes halogenated alkanes) is 20. The Morgan fingerprint density at radius 1 is 0.733 bits per heavy atom. The number of nitrogens with zero attached hydrogens (tertiary/aromatic N) is 2. The Labute approximate surface area is 355 Å². The Morgan fingerprint density at radius 2 is 1.20 bits per heavy atom. The molecule has 1 saturated heterocycles. The molecule has 1 aliphatic rings. The summed E-state index contributed by atoms with van der Waals surface area (Å²) in [5, 5.41) is 20.8. The van der Waals surface area contributed by atoms with Crippen molar-refractivity contribution in [2.24, 2.45) is 0 Å². The summed E-state index contributed by atoms with van der Waals surface area (Å²) in [5.74, 6) is -1.29. The molecule has 1 aromatic heterocycles. The number of aliphatic hydroxyl groups is 2. The van der Waals surface area contributed by atoms with Crippen molar-refractivity contribution in [3.63, 3.8) is 0 Å². The Kier molecular flexibility index (Phi) is 27.6. The topological polar surface area (TPSA) is 265 Å². The predicted octanol–water partition coefficient (Wildman–Crippen LogP) is 7.55. The molecular formula is C40H73N3O15P2. The van der Waals surface area contributed by atoms with Crippen LogP contribution in [0.5, 0.6) is 0 Å². The van der Waals surface area contributed by atoms with Gasteiger partial charge in [-0.2, -0.15) is 9.29 Å². The zero-order valence-corrected chi connectivity index (χ0v) is 37.6. The number of aromatic nitrogens is 2. The average Bonchev–Trinajstić information content (AvgIpc) is 3.47. The molecule has 1 fully saturated rings. The third-order valence-corrected chi connectivity index (χ3v) is 12.8. The number of nitrogens with two attached hydrogens (primary N) is 1. The molecular weight excluding hydrogens is 824 g/mol. The van der Waals surface area contributed by atoms with E-state index in [1.165, 1.54) is 83.1 Å². The van der Waals surface area contributed by atoms with Gasteiger partial charge in [0.25, 0.3) is 0 Å². The van der Waals surface area contributed by atoms with E-state index in [0.717, 1.165) is 62.1 Å². The summed E-state index contributed by atoms with van der Waals surface area (Å²) in [5.41, 5.74) is 4.57. The number of aliphatic hydroxyl groups excluding tert-OH is 2. The molecule has 6 N–H and O–H groups in total. The summed E-state index contributed by atoms with van der Waals surface area (Å²) in [6.45, 7) is 2.12. The van der Waals surface area contributed by atoms with Crippen molar-refractivity contribution < 1.29 is 66.3 Å². The van der Waals surface area contributed by atoms with Gasteiger partial charge in [0, 0.05) is 19.0 Å². The van der Waals surface area contributed by atoms with E-state index in [9.17, 15) is 43.5 Å². The van der Waals surface area contributed by atoms with Crippen LogP contribution in [0.25, 0.3) is 0 Å². The van der Waals surface area contributed by atoms with E-state index in [0.29, 0.717) is 12.8 Å². The van der Waals surface area contributed by atoms with Gasteiger partial charge in [0.2, 0.25) is 0 Å². The zero-order valence-electron chi connectivity index (χ0n) is 35.8. The number of phosphoric acid groups is 2. The second-order valence-electron chi connectivity index (χ2n) is 15.6. The number of nitrogen functional groups attached to an aromatic ring is 1. The van der Waals surface area contributed by atoms with Crippen LogP contribution in [0.2, 0.25) is 0 Å². The summed E-state index contributed by atoms with van der Waals surface area (Å²) in [6, 6.07) is 1.25. The SMILES string of the molecule is CCCCCCCCCCCCCC(=O)OC[C@H](COP(=O)(O)OP(=O)(O)OC[C@@H]1O[C@H](n2ccc(N)nc2=O)[C@H](O)[C@H]1O)OC(=O)CCCCCCCCCCCCC. The van der Waals surface area contributed by atoms with Gasteiger partial charge < -0.3 is 39.9 Å². The van der Waals surface area contributed by atoms with E-state index in [2.05, 4.69) is 23.1 Å². The minimum absolute atomic E-state index is 0.0568. The highest BCUT2D eigenvalue weighted by atomic mass is 31.3. The zero-order chi connectivity index (χ0) is 44.2. The first-order valence-corrected chi connectivity index (χ1v) is 25.0. The molecule has 2 unspecified atom stereocenters. The average molecular weight is 898 g/mol. The van der Waals surface area contributed by atoms with E-state index in [1.54, 1.807) is 0 Å². The van der Waals surface area contributed by atoms with Crippen molar-refractivity contribution in [2.75, 3.05) is 25.6 Å². The molecule has 1 aromatic rings. The molecule has 7 atom stereocenters. The van der Waals surface area contributed by atoms with Crippen molar-refractivity contribution in [3.05, 3.63) is 22.7 Å². The van der Waals surface area contributed by atoms with E-state index < -0.39 is 83.7 Å². The van der Waals surface area contributed by atoms with E-state index in [-0.39, 0.29) is 18.7 Å².